The monoisotopic (exact) mass is 241 g/mol. The normalized spacial score (nSPS) is 36.9. The molecule has 0 aromatic rings. The molecule has 2 rings (SSSR count). The fraction of sp³-hybridized carbons (Fsp3) is 0.923. The van der Waals surface area contributed by atoms with Gasteiger partial charge < -0.3 is 0 Å². The molecule has 0 heterocycles. The van der Waals surface area contributed by atoms with Gasteiger partial charge in [-0.2, -0.15) is 4.40 Å². The van der Waals surface area contributed by atoms with Crippen LogP contribution in [-0.2, 0) is 11.0 Å². The number of hydrogen-bond acceptors (Lipinski definition) is 1. The third-order valence-corrected chi connectivity index (χ3v) is 5.62. The Morgan fingerprint density at radius 1 is 1.31 bits per heavy atom. The van der Waals surface area contributed by atoms with Crippen molar-refractivity contribution in [2.75, 3.05) is 0 Å². The third-order valence-electron chi connectivity index (χ3n) is 4.21. The second-order valence-electron chi connectivity index (χ2n) is 6.77. The minimum atomic E-state index is -1.09. The highest BCUT2D eigenvalue weighted by Crippen LogP contribution is 2.53. The Labute approximate surface area is 102 Å². The van der Waals surface area contributed by atoms with Crippen molar-refractivity contribution in [2.24, 2.45) is 21.6 Å². The van der Waals surface area contributed by atoms with Gasteiger partial charge in [-0.3, -0.25) is 0 Å². The minimum Gasteiger partial charge on any atom is -0.234 e. The van der Waals surface area contributed by atoms with E-state index in [4.69, 9.17) is 0 Å². The topological polar surface area (TPSA) is 29.4 Å². The predicted molar refractivity (Wildman–Crippen MR) is 69.9 cm³/mol. The zero-order valence-corrected chi connectivity index (χ0v) is 11.9. The van der Waals surface area contributed by atoms with Crippen LogP contribution in [0.25, 0.3) is 0 Å². The van der Waals surface area contributed by atoms with Crippen molar-refractivity contribution >= 4 is 16.7 Å². The molecule has 0 aliphatic heterocycles. The van der Waals surface area contributed by atoms with Gasteiger partial charge in [-0.25, -0.2) is 4.21 Å². The standard InChI is InChI=1S/C13H23NOS/c1-12(2,3)16(15)14-11-9-6-7-10(8-9)13(11,4)5/h9-10H,6-8H2,1-5H3/b14-11-/t9-,10+,16?/m1/s1. The van der Waals surface area contributed by atoms with E-state index in [9.17, 15) is 4.21 Å². The summed E-state index contributed by atoms with van der Waals surface area (Å²) in [5.74, 6) is 1.39. The average Bonchev–Trinajstić information content (AvgIpc) is 2.66. The number of rotatable bonds is 1. The van der Waals surface area contributed by atoms with E-state index < -0.39 is 11.0 Å². The highest BCUT2D eigenvalue weighted by molar-refractivity contribution is 7.85. The van der Waals surface area contributed by atoms with E-state index in [1.807, 2.05) is 20.8 Å². The Balaban J connectivity index is 2.28. The summed E-state index contributed by atoms with van der Waals surface area (Å²) >= 11 is 0. The Kier molecular flexibility index (Phi) is 2.81. The van der Waals surface area contributed by atoms with Crippen LogP contribution < -0.4 is 0 Å². The van der Waals surface area contributed by atoms with Crippen LogP contribution in [0.4, 0.5) is 0 Å². The van der Waals surface area contributed by atoms with Crippen molar-refractivity contribution in [3.05, 3.63) is 0 Å². The molecule has 2 fully saturated rings. The van der Waals surface area contributed by atoms with Gasteiger partial charge in [-0.15, -0.1) is 0 Å². The summed E-state index contributed by atoms with van der Waals surface area (Å²) in [5, 5.41) is 0. The van der Waals surface area contributed by atoms with E-state index in [1.54, 1.807) is 0 Å². The molecule has 0 radical (unpaired) electrons. The summed E-state index contributed by atoms with van der Waals surface area (Å²) in [6.07, 6.45) is 3.86. The van der Waals surface area contributed by atoms with Crippen LogP contribution in [-0.4, -0.2) is 14.7 Å². The summed E-state index contributed by atoms with van der Waals surface area (Å²) in [6.45, 7) is 10.5. The first-order chi connectivity index (χ1) is 7.23. The van der Waals surface area contributed by atoms with Crippen molar-refractivity contribution in [3.63, 3.8) is 0 Å². The molecule has 3 heteroatoms. The molecule has 92 valence electrons. The Hall–Kier alpha value is -0.180. The van der Waals surface area contributed by atoms with Crippen LogP contribution >= 0.6 is 0 Å². The van der Waals surface area contributed by atoms with Gasteiger partial charge in [0.2, 0.25) is 0 Å². The van der Waals surface area contributed by atoms with E-state index in [0.717, 1.165) is 5.92 Å². The predicted octanol–water partition coefficient (Wildman–Crippen LogP) is 3.35. The van der Waals surface area contributed by atoms with Crippen molar-refractivity contribution < 1.29 is 4.21 Å². The second-order valence-corrected chi connectivity index (χ2v) is 8.67. The molecule has 3 atom stereocenters. The number of nitrogens with zero attached hydrogens (tertiary/aromatic N) is 1. The summed E-state index contributed by atoms with van der Waals surface area (Å²) in [6, 6.07) is 0. The van der Waals surface area contributed by atoms with Gasteiger partial charge in [0.25, 0.3) is 0 Å². The molecule has 1 unspecified atom stereocenters. The average molecular weight is 241 g/mol. The summed E-state index contributed by atoms with van der Waals surface area (Å²) in [7, 11) is -1.09. The molecule has 0 N–H and O–H groups in total. The van der Waals surface area contributed by atoms with Crippen LogP contribution in [0.1, 0.15) is 53.9 Å². The highest BCUT2D eigenvalue weighted by Gasteiger charge is 2.50. The molecule has 2 saturated carbocycles. The molecule has 2 aliphatic rings. The lowest BCUT2D eigenvalue weighted by Crippen LogP contribution is -2.32. The molecule has 0 spiro atoms. The quantitative estimate of drug-likeness (QED) is 0.692. The van der Waals surface area contributed by atoms with E-state index in [1.165, 1.54) is 25.0 Å². The Bertz CT molecular complexity index is 351. The van der Waals surface area contributed by atoms with Gasteiger partial charge in [0.05, 0.1) is 4.75 Å². The van der Waals surface area contributed by atoms with Crippen LogP contribution in [0.3, 0.4) is 0 Å². The Morgan fingerprint density at radius 2 is 1.94 bits per heavy atom. The first-order valence-electron chi connectivity index (χ1n) is 6.24. The van der Waals surface area contributed by atoms with Gasteiger partial charge in [0.15, 0.2) is 0 Å². The van der Waals surface area contributed by atoms with Crippen LogP contribution in [0.5, 0.6) is 0 Å². The van der Waals surface area contributed by atoms with Gasteiger partial charge in [-0.05, 0) is 51.9 Å². The first kappa shape index (κ1) is 12.3. The minimum absolute atomic E-state index is 0.184. The lowest BCUT2D eigenvalue weighted by molar-refractivity contribution is 0.334. The van der Waals surface area contributed by atoms with Crippen LogP contribution in [0, 0.1) is 17.3 Å². The number of fused-ring (bicyclic) bond motifs is 2. The molecular weight excluding hydrogens is 218 g/mol. The Morgan fingerprint density at radius 3 is 2.38 bits per heavy atom. The van der Waals surface area contributed by atoms with E-state index in [-0.39, 0.29) is 10.2 Å². The SMILES string of the molecule is CC1(C)/C(=N\S(=O)C(C)(C)C)[C@@H]2CC[C@H]1C2. The van der Waals surface area contributed by atoms with Crippen LogP contribution in [0.2, 0.25) is 0 Å². The van der Waals surface area contributed by atoms with E-state index in [2.05, 4.69) is 18.2 Å². The fourth-order valence-corrected chi connectivity index (χ4v) is 3.88. The maximum Gasteiger partial charge on any atom is 0.144 e. The molecule has 2 aliphatic carbocycles. The zero-order valence-electron chi connectivity index (χ0n) is 11.0. The largest absolute Gasteiger partial charge is 0.234 e. The maximum absolute atomic E-state index is 12.1. The van der Waals surface area contributed by atoms with E-state index >= 15 is 0 Å². The lowest BCUT2D eigenvalue weighted by Gasteiger charge is -2.31. The van der Waals surface area contributed by atoms with Crippen molar-refractivity contribution in [1.29, 1.82) is 0 Å². The van der Waals surface area contributed by atoms with Gasteiger partial charge in [0, 0.05) is 11.1 Å². The maximum atomic E-state index is 12.1. The second kappa shape index (κ2) is 3.66. The highest BCUT2D eigenvalue weighted by atomic mass is 32.2. The van der Waals surface area contributed by atoms with Gasteiger partial charge >= 0.3 is 0 Å². The fourth-order valence-electron chi connectivity index (χ4n) is 3.04. The molecule has 0 aromatic heterocycles. The molecule has 0 aromatic carbocycles. The first-order valence-corrected chi connectivity index (χ1v) is 7.34. The van der Waals surface area contributed by atoms with Crippen molar-refractivity contribution in [1.82, 2.24) is 0 Å². The van der Waals surface area contributed by atoms with Crippen molar-refractivity contribution in [2.45, 2.75) is 58.6 Å². The lowest BCUT2D eigenvalue weighted by atomic mass is 9.75. The van der Waals surface area contributed by atoms with Crippen molar-refractivity contribution in [3.8, 4) is 0 Å². The molecule has 0 amide bonds. The third kappa shape index (κ3) is 1.87. The molecule has 2 bridgehead atoms. The van der Waals surface area contributed by atoms with Gasteiger partial charge in [0.1, 0.15) is 11.0 Å². The molecule has 0 saturated heterocycles. The summed E-state index contributed by atoms with van der Waals surface area (Å²) in [4.78, 5) is 0. The van der Waals surface area contributed by atoms with E-state index in [0.29, 0.717) is 5.92 Å². The van der Waals surface area contributed by atoms with Gasteiger partial charge in [-0.1, -0.05) is 13.8 Å². The molecule has 16 heavy (non-hydrogen) atoms. The van der Waals surface area contributed by atoms with Crippen LogP contribution in [0.15, 0.2) is 4.40 Å². The smallest absolute Gasteiger partial charge is 0.144 e. The zero-order chi connectivity index (χ0) is 12.1. The molecular formula is C13H23NOS. The summed E-state index contributed by atoms with van der Waals surface area (Å²) in [5.41, 5.74) is 1.42. The number of hydrogen-bond donors (Lipinski definition) is 0. The summed E-state index contributed by atoms with van der Waals surface area (Å²) < 4.78 is 16.4. The molecule has 2 nitrogen and oxygen atoms in total.